The van der Waals surface area contributed by atoms with Gasteiger partial charge in [0.2, 0.25) is 5.71 Å². The molecule has 0 saturated heterocycles. The van der Waals surface area contributed by atoms with E-state index in [-0.39, 0.29) is 0 Å². The van der Waals surface area contributed by atoms with E-state index in [4.69, 9.17) is 25.4 Å². The van der Waals surface area contributed by atoms with Gasteiger partial charge in [0.1, 0.15) is 22.3 Å². The van der Waals surface area contributed by atoms with E-state index in [2.05, 4.69) is 65.5 Å². The minimum atomic E-state index is 0.560. The second-order valence-electron chi connectivity index (χ2n) is 10.5. The summed E-state index contributed by atoms with van der Waals surface area (Å²) in [5.74, 6) is 0. The summed E-state index contributed by atoms with van der Waals surface area (Å²) in [7, 11) is 0. The minimum Gasteiger partial charge on any atom is -0.456 e. The Morgan fingerprint density at radius 1 is 0.524 bits per heavy atom. The van der Waals surface area contributed by atoms with Gasteiger partial charge in [0.15, 0.2) is 5.69 Å². The number of benzene rings is 6. The van der Waals surface area contributed by atoms with E-state index in [9.17, 15) is 0 Å². The fourth-order valence-corrected chi connectivity index (χ4v) is 6.01. The molecule has 0 bridgehead atoms. The maximum Gasteiger partial charge on any atom is 0.246 e. The Morgan fingerprint density at radius 3 is 1.95 bits per heavy atom. The molecule has 0 saturated carbocycles. The molecule has 5 heteroatoms. The average Bonchev–Trinajstić information content (AvgIpc) is 3.60. The number of fused-ring (bicyclic) bond motifs is 9. The van der Waals surface area contributed by atoms with Gasteiger partial charge in [-0.1, -0.05) is 66.7 Å². The van der Waals surface area contributed by atoms with Gasteiger partial charge in [0.25, 0.3) is 0 Å². The van der Waals surface area contributed by atoms with Crippen LogP contribution in [0.15, 0.2) is 124 Å². The van der Waals surface area contributed by atoms with Crippen molar-refractivity contribution >= 4 is 71.6 Å². The SMILES string of the molecule is [C-]#[N+]c1ccc2oc3ccc(-c4ccc(-c5ccc6c(ccc7oc8nc9ccccc9nc8c76)c5)cc4)cc3c2c1. The van der Waals surface area contributed by atoms with Crippen molar-refractivity contribution in [2.45, 2.75) is 0 Å². The van der Waals surface area contributed by atoms with Crippen molar-refractivity contribution in [3.05, 3.63) is 127 Å². The van der Waals surface area contributed by atoms with Gasteiger partial charge in [-0.05, 0) is 81.6 Å². The number of rotatable bonds is 2. The Balaban J connectivity index is 1.11. The molecule has 6 aromatic carbocycles. The number of nitrogens with zero attached hydrogens (tertiary/aromatic N) is 3. The number of hydrogen-bond donors (Lipinski definition) is 0. The quantitative estimate of drug-likeness (QED) is 0.206. The average molecular weight is 538 g/mol. The van der Waals surface area contributed by atoms with E-state index < -0.39 is 0 Å². The molecule has 194 valence electrons. The molecule has 0 N–H and O–H groups in total. The Labute approximate surface area is 239 Å². The molecule has 0 unspecified atom stereocenters. The fraction of sp³-hybridized carbons (Fsp3) is 0. The summed E-state index contributed by atoms with van der Waals surface area (Å²) in [5, 5.41) is 5.19. The number of para-hydroxylation sites is 2. The molecule has 0 aliphatic heterocycles. The predicted octanol–water partition coefficient (Wildman–Crippen LogP) is 10.5. The lowest BCUT2D eigenvalue weighted by Crippen LogP contribution is -1.85. The fourth-order valence-electron chi connectivity index (χ4n) is 6.01. The van der Waals surface area contributed by atoms with Gasteiger partial charge < -0.3 is 8.83 Å². The minimum absolute atomic E-state index is 0.560. The summed E-state index contributed by atoms with van der Waals surface area (Å²) in [4.78, 5) is 13.2. The standard InChI is InChI=1S/C37H19N3O2/c1-38-26-13-17-33-29(20-26)28-19-24(11-15-32(28)41-33)22-8-6-21(7-9-22)23-10-14-27-25(18-23)12-16-34-35(27)36-37(42-34)40-31-5-3-2-4-30(31)39-36/h2-20H. The van der Waals surface area contributed by atoms with Crippen molar-refractivity contribution < 1.29 is 8.83 Å². The second-order valence-corrected chi connectivity index (χ2v) is 10.5. The van der Waals surface area contributed by atoms with Gasteiger partial charge in [-0.3, -0.25) is 0 Å². The van der Waals surface area contributed by atoms with Crippen LogP contribution < -0.4 is 0 Å². The van der Waals surface area contributed by atoms with Crippen LogP contribution in [0, 0.1) is 6.57 Å². The van der Waals surface area contributed by atoms with E-state index in [1.54, 1.807) is 6.07 Å². The topological polar surface area (TPSA) is 56.4 Å². The van der Waals surface area contributed by atoms with Crippen molar-refractivity contribution in [3.63, 3.8) is 0 Å². The summed E-state index contributed by atoms with van der Waals surface area (Å²) >= 11 is 0. The molecule has 0 aliphatic rings. The summed E-state index contributed by atoms with van der Waals surface area (Å²) in [6.45, 7) is 7.36. The van der Waals surface area contributed by atoms with Gasteiger partial charge in [0.05, 0.1) is 23.0 Å². The Kier molecular flexibility index (Phi) is 4.61. The maximum atomic E-state index is 7.36. The van der Waals surface area contributed by atoms with E-state index in [0.717, 1.165) is 82.5 Å². The molecular weight excluding hydrogens is 518 g/mol. The van der Waals surface area contributed by atoms with Crippen LogP contribution in [0.1, 0.15) is 0 Å². The zero-order valence-corrected chi connectivity index (χ0v) is 22.1. The Bertz CT molecular complexity index is 2580. The normalized spacial score (nSPS) is 11.8. The van der Waals surface area contributed by atoms with E-state index >= 15 is 0 Å². The van der Waals surface area contributed by atoms with E-state index in [1.807, 2.05) is 48.5 Å². The zero-order chi connectivity index (χ0) is 27.8. The van der Waals surface area contributed by atoms with E-state index in [1.165, 1.54) is 0 Å². The first kappa shape index (κ1) is 22.8. The third kappa shape index (κ3) is 3.36. The molecule has 0 radical (unpaired) electrons. The first-order valence-corrected chi connectivity index (χ1v) is 13.7. The summed E-state index contributed by atoms with van der Waals surface area (Å²) in [5.41, 5.74) is 10.5. The second kappa shape index (κ2) is 8.50. The molecule has 3 heterocycles. The lowest BCUT2D eigenvalue weighted by atomic mass is 9.97. The van der Waals surface area contributed by atoms with Crippen LogP contribution >= 0.6 is 0 Å². The van der Waals surface area contributed by atoms with Gasteiger partial charge >= 0.3 is 0 Å². The van der Waals surface area contributed by atoms with Crippen molar-refractivity contribution in [1.82, 2.24) is 9.97 Å². The van der Waals surface area contributed by atoms with Crippen LogP contribution in [0.25, 0.3) is 93.0 Å². The first-order valence-electron chi connectivity index (χ1n) is 13.7. The van der Waals surface area contributed by atoms with Gasteiger partial charge in [-0.25, -0.2) is 14.8 Å². The van der Waals surface area contributed by atoms with Gasteiger partial charge in [0, 0.05) is 10.8 Å². The third-order valence-electron chi connectivity index (χ3n) is 8.10. The highest BCUT2D eigenvalue weighted by Crippen LogP contribution is 2.37. The Hall–Kier alpha value is -5.99. The number of hydrogen-bond acceptors (Lipinski definition) is 4. The molecule has 5 nitrogen and oxygen atoms in total. The lowest BCUT2D eigenvalue weighted by Gasteiger charge is -2.07. The van der Waals surface area contributed by atoms with Gasteiger partial charge in [-0.15, -0.1) is 0 Å². The molecule has 0 fully saturated rings. The lowest BCUT2D eigenvalue weighted by molar-refractivity contribution is 0.655. The molecule has 9 aromatic rings. The van der Waals surface area contributed by atoms with Crippen LogP contribution in [-0.2, 0) is 0 Å². The molecule has 0 atom stereocenters. The summed E-state index contributed by atoms with van der Waals surface area (Å²) < 4.78 is 12.1. The molecular formula is C37H19N3O2. The molecule has 42 heavy (non-hydrogen) atoms. The van der Waals surface area contributed by atoms with Crippen LogP contribution in [0.2, 0.25) is 0 Å². The first-order chi connectivity index (χ1) is 20.7. The van der Waals surface area contributed by atoms with Crippen molar-refractivity contribution in [2.24, 2.45) is 0 Å². The highest BCUT2D eigenvalue weighted by Gasteiger charge is 2.15. The van der Waals surface area contributed by atoms with Crippen molar-refractivity contribution in [2.75, 3.05) is 0 Å². The molecule has 3 aromatic heterocycles. The Morgan fingerprint density at radius 2 is 1.17 bits per heavy atom. The zero-order valence-electron chi connectivity index (χ0n) is 22.1. The van der Waals surface area contributed by atoms with Crippen LogP contribution in [0.5, 0.6) is 0 Å². The van der Waals surface area contributed by atoms with Crippen molar-refractivity contribution in [3.8, 4) is 22.3 Å². The van der Waals surface area contributed by atoms with Crippen LogP contribution in [-0.4, -0.2) is 9.97 Å². The summed E-state index contributed by atoms with van der Waals surface area (Å²) in [6.07, 6.45) is 0. The molecule has 0 amide bonds. The molecule has 0 spiro atoms. The van der Waals surface area contributed by atoms with Crippen molar-refractivity contribution in [1.29, 1.82) is 0 Å². The number of furan rings is 2. The highest BCUT2D eigenvalue weighted by atomic mass is 16.3. The largest absolute Gasteiger partial charge is 0.456 e. The molecule has 9 rings (SSSR count). The molecule has 0 aliphatic carbocycles. The monoisotopic (exact) mass is 537 g/mol. The smallest absolute Gasteiger partial charge is 0.246 e. The highest BCUT2D eigenvalue weighted by molar-refractivity contribution is 6.18. The maximum absolute atomic E-state index is 7.36. The summed E-state index contributed by atoms with van der Waals surface area (Å²) in [6, 6.07) is 38.9. The van der Waals surface area contributed by atoms with E-state index in [0.29, 0.717) is 11.4 Å². The van der Waals surface area contributed by atoms with Gasteiger partial charge in [-0.2, -0.15) is 0 Å². The third-order valence-corrected chi connectivity index (χ3v) is 8.10. The number of aromatic nitrogens is 2. The van der Waals surface area contributed by atoms with Crippen LogP contribution in [0.3, 0.4) is 0 Å². The predicted molar refractivity (Wildman–Crippen MR) is 169 cm³/mol. The van der Waals surface area contributed by atoms with Crippen LogP contribution in [0.4, 0.5) is 5.69 Å².